The van der Waals surface area contributed by atoms with Crippen molar-refractivity contribution >= 4 is 10.0 Å². The first kappa shape index (κ1) is 18.2. The second-order valence-electron chi connectivity index (χ2n) is 7.98. The lowest BCUT2D eigenvalue weighted by Crippen LogP contribution is -3.06. The quantitative estimate of drug-likeness (QED) is 0.873. The Balaban J connectivity index is 2.22. The van der Waals surface area contributed by atoms with E-state index in [1.807, 2.05) is 6.92 Å². The number of benzene rings is 1. The molecule has 1 aliphatic heterocycles. The molecule has 0 aliphatic carbocycles. The van der Waals surface area contributed by atoms with Gasteiger partial charge in [-0.05, 0) is 58.4 Å². The summed E-state index contributed by atoms with van der Waals surface area (Å²) in [5, 5.41) is 2.34. The SMILES string of the molecule is COc1ccc(S(=O)(=O)NC2CC(C)(C)[NH2+]C(C)(C)C2)cc1C. The number of hydrogen-bond donors (Lipinski definition) is 2. The molecular formula is C17H29N2O3S+. The van der Waals surface area contributed by atoms with Gasteiger partial charge in [0.2, 0.25) is 10.0 Å². The predicted octanol–water partition coefficient (Wildman–Crippen LogP) is 1.56. The Bertz CT molecular complexity index is 665. The average molecular weight is 341 g/mol. The van der Waals surface area contributed by atoms with Crippen LogP contribution in [-0.2, 0) is 10.0 Å². The van der Waals surface area contributed by atoms with Crippen molar-refractivity contribution in [3.8, 4) is 5.75 Å². The number of rotatable bonds is 4. The molecule has 0 saturated carbocycles. The minimum atomic E-state index is -3.53. The summed E-state index contributed by atoms with van der Waals surface area (Å²) in [6.07, 6.45) is 1.62. The highest BCUT2D eigenvalue weighted by Gasteiger charge is 2.42. The van der Waals surface area contributed by atoms with E-state index in [-0.39, 0.29) is 17.1 Å². The molecule has 1 saturated heterocycles. The molecule has 0 unspecified atom stereocenters. The van der Waals surface area contributed by atoms with Crippen LogP contribution in [0.5, 0.6) is 5.75 Å². The number of hydrogen-bond acceptors (Lipinski definition) is 3. The van der Waals surface area contributed by atoms with Gasteiger partial charge in [0.15, 0.2) is 0 Å². The summed E-state index contributed by atoms with van der Waals surface area (Å²) in [5.74, 6) is 0.693. The van der Waals surface area contributed by atoms with Crippen LogP contribution in [0.4, 0.5) is 0 Å². The van der Waals surface area contributed by atoms with Gasteiger partial charge in [-0.15, -0.1) is 0 Å². The first-order valence-electron chi connectivity index (χ1n) is 7.98. The highest BCUT2D eigenvalue weighted by Crippen LogP contribution is 2.25. The fourth-order valence-corrected chi connectivity index (χ4v) is 5.23. The predicted molar refractivity (Wildman–Crippen MR) is 91.2 cm³/mol. The van der Waals surface area contributed by atoms with Crippen LogP contribution in [0.3, 0.4) is 0 Å². The maximum absolute atomic E-state index is 12.7. The Labute approximate surface area is 139 Å². The van der Waals surface area contributed by atoms with E-state index in [1.165, 1.54) is 0 Å². The minimum Gasteiger partial charge on any atom is -0.496 e. The third kappa shape index (κ3) is 4.46. The van der Waals surface area contributed by atoms with E-state index in [1.54, 1.807) is 25.3 Å². The molecule has 1 fully saturated rings. The fourth-order valence-electron chi connectivity index (χ4n) is 3.91. The lowest BCUT2D eigenvalue weighted by Gasteiger charge is -2.43. The summed E-state index contributed by atoms with van der Waals surface area (Å²) in [6, 6.07) is 4.90. The number of aryl methyl sites for hydroxylation is 1. The average Bonchev–Trinajstić information content (AvgIpc) is 2.33. The van der Waals surface area contributed by atoms with Crippen LogP contribution in [0, 0.1) is 6.92 Å². The summed E-state index contributed by atoms with van der Waals surface area (Å²) < 4.78 is 33.5. The summed E-state index contributed by atoms with van der Waals surface area (Å²) in [5.41, 5.74) is 0.850. The van der Waals surface area contributed by atoms with Gasteiger partial charge in [-0.25, -0.2) is 13.1 Å². The molecule has 1 aromatic carbocycles. The Morgan fingerprint density at radius 2 is 1.74 bits per heavy atom. The Hall–Kier alpha value is -1.11. The van der Waals surface area contributed by atoms with Gasteiger partial charge in [0.25, 0.3) is 0 Å². The van der Waals surface area contributed by atoms with Crippen molar-refractivity contribution in [1.29, 1.82) is 0 Å². The molecular weight excluding hydrogens is 312 g/mol. The highest BCUT2D eigenvalue weighted by molar-refractivity contribution is 7.89. The molecule has 1 aromatic rings. The summed E-state index contributed by atoms with van der Waals surface area (Å²) in [6.45, 7) is 10.5. The molecule has 23 heavy (non-hydrogen) atoms. The van der Waals surface area contributed by atoms with Gasteiger partial charge < -0.3 is 10.1 Å². The molecule has 0 atom stereocenters. The van der Waals surface area contributed by atoms with Crippen molar-refractivity contribution < 1.29 is 18.5 Å². The van der Waals surface area contributed by atoms with E-state index in [9.17, 15) is 8.42 Å². The van der Waals surface area contributed by atoms with Crippen molar-refractivity contribution in [3.05, 3.63) is 23.8 Å². The van der Waals surface area contributed by atoms with Gasteiger partial charge in [-0.2, -0.15) is 0 Å². The van der Waals surface area contributed by atoms with E-state index in [2.05, 4.69) is 37.7 Å². The molecule has 1 aliphatic rings. The monoisotopic (exact) mass is 341 g/mol. The zero-order chi connectivity index (χ0) is 17.5. The van der Waals surface area contributed by atoms with Crippen molar-refractivity contribution in [2.75, 3.05) is 7.11 Å². The molecule has 130 valence electrons. The van der Waals surface area contributed by atoms with E-state index in [0.29, 0.717) is 10.6 Å². The maximum Gasteiger partial charge on any atom is 0.240 e. The molecule has 0 aromatic heterocycles. The zero-order valence-corrected chi connectivity index (χ0v) is 15.8. The summed E-state index contributed by atoms with van der Waals surface area (Å²) >= 11 is 0. The van der Waals surface area contributed by atoms with E-state index in [0.717, 1.165) is 18.4 Å². The minimum absolute atomic E-state index is 0.0186. The van der Waals surface area contributed by atoms with E-state index < -0.39 is 10.0 Å². The molecule has 2 rings (SSSR count). The van der Waals surface area contributed by atoms with Crippen LogP contribution < -0.4 is 14.8 Å². The summed E-state index contributed by atoms with van der Waals surface area (Å²) in [4.78, 5) is 0.293. The largest absolute Gasteiger partial charge is 0.496 e. The van der Waals surface area contributed by atoms with Crippen LogP contribution in [0.1, 0.15) is 46.1 Å². The number of methoxy groups -OCH3 is 1. The molecule has 6 heteroatoms. The van der Waals surface area contributed by atoms with Crippen LogP contribution >= 0.6 is 0 Å². The topological polar surface area (TPSA) is 72.0 Å². The van der Waals surface area contributed by atoms with Crippen LogP contribution in [-0.4, -0.2) is 32.6 Å². The molecule has 0 bridgehead atoms. The van der Waals surface area contributed by atoms with Crippen LogP contribution in [0.15, 0.2) is 23.1 Å². The number of nitrogens with one attached hydrogen (secondary N) is 1. The number of nitrogens with two attached hydrogens (primary N) is 1. The number of piperidine rings is 1. The first-order valence-corrected chi connectivity index (χ1v) is 9.46. The van der Waals surface area contributed by atoms with Crippen molar-refractivity contribution in [1.82, 2.24) is 4.72 Å². The van der Waals surface area contributed by atoms with Gasteiger partial charge in [0.05, 0.1) is 23.1 Å². The third-order valence-electron chi connectivity index (χ3n) is 4.32. The Morgan fingerprint density at radius 1 is 1.17 bits per heavy atom. The normalized spacial score (nSPS) is 21.1. The molecule has 0 amide bonds. The smallest absolute Gasteiger partial charge is 0.240 e. The van der Waals surface area contributed by atoms with Crippen LogP contribution in [0.2, 0.25) is 0 Å². The number of sulfonamides is 1. The van der Waals surface area contributed by atoms with E-state index >= 15 is 0 Å². The van der Waals surface area contributed by atoms with Gasteiger partial charge in [-0.1, -0.05) is 0 Å². The zero-order valence-electron chi connectivity index (χ0n) is 14.9. The molecule has 1 heterocycles. The standard InChI is InChI=1S/C17H28N2O3S/c1-12-9-14(7-8-15(12)22-6)23(20,21)18-13-10-16(2,3)19-17(4,5)11-13/h7-9,13,18-19H,10-11H2,1-6H3/p+1. The molecule has 0 radical (unpaired) electrons. The maximum atomic E-state index is 12.7. The Kier molecular flexibility index (Phi) is 4.81. The van der Waals surface area contributed by atoms with Crippen molar-refractivity contribution in [3.63, 3.8) is 0 Å². The molecule has 5 nitrogen and oxygen atoms in total. The second kappa shape index (κ2) is 6.07. The highest BCUT2D eigenvalue weighted by atomic mass is 32.2. The third-order valence-corrected chi connectivity index (χ3v) is 5.84. The lowest BCUT2D eigenvalue weighted by molar-refractivity contribution is -0.787. The molecule has 3 N–H and O–H groups in total. The van der Waals surface area contributed by atoms with E-state index in [4.69, 9.17) is 4.74 Å². The van der Waals surface area contributed by atoms with Gasteiger partial charge in [0, 0.05) is 18.9 Å². The van der Waals surface area contributed by atoms with Crippen LogP contribution in [0.25, 0.3) is 0 Å². The Morgan fingerprint density at radius 3 is 2.22 bits per heavy atom. The van der Waals surface area contributed by atoms with Gasteiger partial charge in [-0.3, -0.25) is 0 Å². The number of ether oxygens (including phenoxy) is 1. The second-order valence-corrected chi connectivity index (χ2v) is 9.69. The van der Waals surface area contributed by atoms with Gasteiger partial charge in [0.1, 0.15) is 5.75 Å². The first-order chi connectivity index (χ1) is 10.4. The van der Waals surface area contributed by atoms with Crippen molar-refractivity contribution in [2.24, 2.45) is 0 Å². The number of quaternary nitrogens is 1. The lowest BCUT2D eigenvalue weighted by atomic mass is 9.80. The fraction of sp³-hybridized carbons (Fsp3) is 0.647. The molecule has 0 spiro atoms. The summed E-state index contributed by atoms with van der Waals surface area (Å²) in [7, 11) is -1.95. The van der Waals surface area contributed by atoms with Gasteiger partial charge >= 0.3 is 0 Å². The van der Waals surface area contributed by atoms with Crippen molar-refractivity contribution in [2.45, 2.75) is 69.5 Å².